The first kappa shape index (κ1) is 13.6. The van der Waals surface area contributed by atoms with Crippen LogP contribution >= 0.6 is 0 Å². The number of carboxylic acids is 1. The third-order valence-corrected chi connectivity index (χ3v) is 3.79. The molecule has 4 heteroatoms. The summed E-state index contributed by atoms with van der Waals surface area (Å²) in [6.45, 7) is 7.73. The van der Waals surface area contributed by atoms with Crippen LogP contribution in [0.4, 0.5) is 5.69 Å². The first-order chi connectivity index (χ1) is 8.72. The minimum Gasteiger partial charge on any atom is -0.478 e. The number of amides is 1. The maximum Gasteiger partial charge on any atom is 0.337 e. The molecule has 0 bridgehead atoms. The smallest absolute Gasteiger partial charge is 0.337 e. The lowest BCUT2D eigenvalue weighted by molar-refractivity contribution is -0.118. The molecule has 2 rings (SSSR count). The number of carbonyl (C=O) groups excluding carboxylic acids is 1. The number of rotatable bonds is 3. The van der Waals surface area contributed by atoms with E-state index in [1.165, 1.54) is 0 Å². The SMILES string of the molecule is Cc1cc(C)c(NC(=O)C2CC2(C)C)c(C(=O)O)c1. The van der Waals surface area contributed by atoms with Gasteiger partial charge in [-0.2, -0.15) is 0 Å². The molecule has 0 aliphatic heterocycles. The number of carbonyl (C=O) groups is 2. The van der Waals surface area contributed by atoms with Crippen molar-refractivity contribution >= 4 is 17.6 Å². The van der Waals surface area contributed by atoms with E-state index in [0.29, 0.717) is 5.69 Å². The number of benzene rings is 1. The normalized spacial score (nSPS) is 19.9. The molecule has 1 aliphatic carbocycles. The van der Waals surface area contributed by atoms with Crippen LogP contribution in [0.5, 0.6) is 0 Å². The highest BCUT2D eigenvalue weighted by Gasteiger charge is 2.50. The number of hydrogen-bond acceptors (Lipinski definition) is 2. The van der Waals surface area contributed by atoms with E-state index in [0.717, 1.165) is 17.5 Å². The summed E-state index contributed by atoms with van der Waals surface area (Å²) in [5, 5.41) is 12.0. The van der Waals surface area contributed by atoms with Gasteiger partial charge in [-0.3, -0.25) is 4.79 Å². The number of anilines is 1. The van der Waals surface area contributed by atoms with Crippen molar-refractivity contribution in [2.75, 3.05) is 5.32 Å². The quantitative estimate of drug-likeness (QED) is 0.879. The van der Waals surface area contributed by atoms with Gasteiger partial charge in [-0.05, 0) is 42.9 Å². The fourth-order valence-electron chi connectivity index (χ4n) is 2.43. The average Bonchev–Trinajstić information content (AvgIpc) is 2.91. The van der Waals surface area contributed by atoms with Gasteiger partial charge < -0.3 is 10.4 Å². The maximum atomic E-state index is 12.1. The van der Waals surface area contributed by atoms with Gasteiger partial charge in [-0.15, -0.1) is 0 Å². The number of nitrogens with one attached hydrogen (secondary N) is 1. The zero-order valence-electron chi connectivity index (χ0n) is 11.7. The molecule has 1 amide bonds. The first-order valence-corrected chi connectivity index (χ1v) is 6.38. The molecule has 19 heavy (non-hydrogen) atoms. The topological polar surface area (TPSA) is 66.4 Å². The molecule has 1 fully saturated rings. The highest BCUT2D eigenvalue weighted by molar-refractivity contribution is 6.03. The second-order valence-corrected chi connectivity index (χ2v) is 6.04. The van der Waals surface area contributed by atoms with Gasteiger partial charge in [0.05, 0.1) is 11.3 Å². The molecular formula is C15H19NO3. The lowest BCUT2D eigenvalue weighted by atomic mass is 10.0. The number of hydrogen-bond donors (Lipinski definition) is 2. The van der Waals surface area contributed by atoms with Crippen LogP contribution < -0.4 is 5.32 Å². The zero-order valence-corrected chi connectivity index (χ0v) is 11.7. The summed E-state index contributed by atoms with van der Waals surface area (Å²) in [6.07, 6.45) is 0.853. The molecular weight excluding hydrogens is 242 g/mol. The van der Waals surface area contributed by atoms with E-state index < -0.39 is 5.97 Å². The molecule has 0 spiro atoms. The third kappa shape index (κ3) is 2.62. The Bertz CT molecular complexity index is 561. The van der Waals surface area contributed by atoms with Gasteiger partial charge in [-0.25, -0.2) is 4.79 Å². The molecule has 1 aromatic carbocycles. The predicted octanol–water partition coefficient (Wildman–Crippen LogP) is 2.99. The van der Waals surface area contributed by atoms with E-state index >= 15 is 0 Å². The molecule has 0 heterocycles. The van der Waals surface area contributed by atoms with E-state index in [9.17, 15) is 14.7 Å². The monoisotopic (exact) mass is 261 g/mol. The summed E-state index contributed by atoms with van der Waals surface area (Å²) in [6, 6.07) is 3.46. The van der Waals surface area contributed by atoms with Gasteiger partial charge in [0.25, 0.3) is 0 Å². The van der Waals surface area contributed by atoms with Gasteiger partial charge in [0.2, 0.25) is 5.91 Å². The Morgan fingerprint density at radius 2 is 1.89 bits per heavy atom. The average molecular weight is 261 g/mol. The molecule has 0 saturated heterocycles. The fourth-order valence-corrected chi connectivity index (χ4v) is 2.43. The van der Waals surface area contributed by atoms with Crippen molar-refractivity contribution in [1.82, 2.24) is 0 Å². The summed E-state index contributed by atoms with van der Waals surface area (Å²) in [5.74, 6) is -1.12. The second kappa shape index (κ2) is 4.37. The maximum absolute atomic E-state index is 12.1. The molecule has 102 valence electrons. The minimum absolute atomic E-state index is 0.0187. The minimum atomic E-state index is -1.02. The Morgan fingerprint density at radius 1 is 1.32 bits per heavy atom. The van der Waals surface area contributed by atoms with Crippen molar-refractivity contribution in [2.45, 2.75) is 34.1 Å². The first-order valence-electron chi connectivity index (χ1n) is 6.38. The Kier molecular flexibility index (Phi) is 3.12. The van der Waals surface area contributed by atoms with Crippen molar-refractivity contribution in [1.29, 1.82) is 0 Å². The van der Waals surface area contributed by atoms with Crippen molar-refractivity contribution < 1.29 is 14.7 Å². The Hall–Kier alpha value is -1.84. The summed E-state index contributed by atoms with van der Waals surface area (Å²) >= 11 is 0. The van der Waals surface area contributed by atoms with Gasteiger partial charge in [0.1, 0.15) is 0 Å². The van der Waals surface area contributed by atoms with E-state index in [4.69, 9.17) is 0 Å². The number of aromatic carboxylic acids is 1. The Morgan fingerprint density at radius 3 is 2.37 bits per heavy atom. The van der Waals surface area contributed by atoms with Gasteiger partial charge in [0, 0.05) is 5.92 Å². The summed E-state index contributed by atoms with van der Waals surface area (Å²) < 4.78 is 0. The number of aryl methyl sites for hydroxylation is 2. The molecule has 0 radical (unpaired) electrons. The summed E-state index contributed by atoms with van der Waals surface area (Å²) in [7, 11) is 0. The molecule has 4 nitrogen and oxygen atoms in total. The van der Waals surface area contributed by atoms with E-state index in [2.05, 4.69) is 5.32 Å². The molecule has 1 aromatic rings. The van der Waals surface area contributed by atoms with Crippen molar-refractivity contribution in [2.24, 2.45) is 11.3 Å². The largest absolute Gasteiger partial charge is 0.478 e. The van der Waals surface area contributed by atoms with Crippen LogP contribution in [0.3, 0.4) is 0 Å². The van der Waals surface area contributed by atoms with Crippen molar-refractivity contribution in [3.63, 3.8) is 0 Å². The van der Waals surface area contributed by atoms with Gasteiger partial charge in [0.15, 0.2) is 0 Å². The van der Waals surface area contributed by atoms with Crippen molar-refractivity contribution in [3.05, 3.63) is 28.8 Å². The lowest BCUT2D eigenvalue weighted by Gasteiger charge is -2.13. The van der Waals surface area contributed by atoms with E-state index in [1.54, 1.807) is 6.07 Å². The van der Waals surface area contributed by atoms with Gasteiger partial charge in [-0.1, -0.05) is 19.9 Å². The van der Waals surface area contributed by atoms with Crippen LogP contribution in [0, 0.1) is 25.2 Å². The Balaban J connectivity index is 2.30. The second-order valence-electron chi connectivity index (χ2n) is 6.04. The van der Waals surface area contributed by atoms with Crippen LogP contribution in [-0.4, -0.2) is 17.0 Å². The molecule has 1 aliphatic rings. The molecule has 1 atom stereocenters. The molecule has 1 unspecified atom stereocenters. The summed E-state index contributed by atoms with van der Waals surface area (Å²) in [4.78, 5) is 23.4. The lowest BCUT2D eigenvalue weighted by Crippen LogP contribution is -2.19. The van der Waals surface area contributed by atoms with Crippen LogP contribution in [0.2, 0.25) is 0 Å². The predicted molar refractivity (Wildman–Crippen MR) is 73.4 cm³/mol. The van der Waals surface area contributed by atoms with Crippen LogP contribution in [0.1, 0.15) is 41.8 Å². The zero-order chi connectivity index (χ0) is 14.4. The van der Waals surface area contributed by atoms with E-state index in [1.807, 2.05) is 33.8 Å². The van der Waals surface area contributed by atoms with Gasteiger partial charge >= 0.3 is 5.97 Å². The highest BCUT2D eigenvalue weighted by Crippen LogP contribution is 2.52. The van der Waals surface area contributed by atoms with Crippen molar-refractivity contribution in [3.8, 4) is 0 Å². The molecule has 2 N–H and O–H groups in total. The van der Waals surface area contributed by atoms with Crippen LogP contribution in [0.25, 0.3) is 0 Å². The summed E-state index contributed by atoms with van der Waals surface area (Å²) in [5.41, 5.74) is 2.27. The fraction of sp³-hybridized carbons (Fsp3) is 0.467. The third-order valence-electron chi connectivity index (χ3n) is 3.79. The highest BCUT2D eigenvalue weighted by atomic mass is 16.4. The Labute approximate surface area is 112 Å². The van der Waals surface area contributed by atoms with E-state index in [-0.39, 0.29) is 22.8 Å². The van der Waals surface area contributed by atoms with Crippen LogP contribution in [0.15, 0.2) is 12.1 Å². The number of carboxylic acid groups (broad SMARTS) is 1. The molecule has 1 saturated carbocycles. The standard InChI is InChI=1S/C15H19NO3/c1-8-5-9(2)12(10(6-8)14(18)19)16-13(17)11-7-15(11,3)4/h5-6,11H,7H2,1-4H3,(H,16,17)(H,18,19). The van der Waals surface area contributed by atoms with Crippen LogP contribution in [-0.2, 0) is 4.79 Å². The molecule has 0 aromatic heterocycles.